The van der Waals surface area contributed by atoms with Crippen molar-refractivity contribution in [1.29, 1.82) is 0 Å². The second-order valence-corrected chi connectivity index (χ2v) is 4.51. The second kappa shape index (κ2) is 6.56. The summed E-state index contributed by atoms with van der Waals surface area (Å²) in [5, 5.41) is 5.27. The first kappa shape index (κ1) is 16.0. The number of hydrogen-bond donors (Lipinski definition) is 2. The van der Waals surface area contributed by atoms with E-state index in [1.54, 1.807) is 0 Å². The van der Waals surface area contributed by atoms with Gasteiger partial charge in [0.1, 0.15) is 5.70 Å². The van der Waals surface area contributed by atoms with Gasteiger partial charge in [0.15, 0.2) is 16.6 Å². The standard InChI is InChI=1S/C13H12F2N2O4S/c1-19-8-4-6(3-7-11(18)17-13(22)16-7)5-9(20-2)10(8)21-12(14)15/h3-5,12H,1-2H3,(H2,16,17,18,22)/b7-3-. The molecule has 1 fully saturated rings. The van der Waals surface area contributed by atoms with Gasteiger partial charge in [-0.3, -0.25) is 10.1 Å². The van der Waals surface area contributed by atoms with Crippen LogP contribution in [-0.2, 0) is 4.79 Å². The molecule has 0 unspecified atom stereocenters. The van der Waals surface area contributed by atoms with E-state index < -0.39 is 12.5 Å². The van der Waals surface area contributed by atoms with E-state index in [-0.39, 0.29) is 28.1 Å². The van der Waals surface area contributed by atoms with E-state index >= 15 is 0 Å². The number of carbonyl (C=O) groups excluding carboxylic acids is 1. The zero-order valence-electron chi connectivity index (χ0n) is 11.6. The minimum absolute atomic E-state index is 0.0486. The van der Waals surface area contributed by atoms with Crippen molar-refractivity contribution in [3.05, 3.63) is 23.4 Å². The Hall–Kier alpha value is -2.42. The molecule has 0 radical (unpaired) electrons. The molecule has 1 amide bonds. The number of amides is 1. The number of benzene rings is 1. The molecule has 0 atom stereocenters. The second-order valence-electron chi connectivity index (χ2n) is 4.10. The predicted octanol–water partition coefficient (Wildman–Crippen LogP) is 1.65. The zero-order valence-corrected chi connectivity index (χ0v) is 12.4. The largest absolute Gasteiger partial charge is 0.493 e. The zero-order chi connectivity index (χ0) is 16.3. The molecule has 22 heavy (non-hydrogen) atoms. The van der Waals surface area contributed by atoms with E-state index in [4.69, 9.17) is 21.7 Å². The van der Waals surface area contributed by atoms with Crippen molar-refractivity contribution in [3.8, 4) is 17.2 Å². The maximum absolute atomic E-state index is 12.5. The number of rotatable bonds is 5. The van der Waals surface area contributed by atoms with Crippen LogP contribution in [0.2, 0.25) is 0 Å². The third kappa shape index (κ3) is 3.42. The first-order valence-corrected chi connectivity index (χ1v) is 6.40. The average Bonchev–Trinajstić information content (AvgIpc) is 2.77. The molecule has 0 saturated carbocycles. The third-order valence-electron chi connectivity index (χ3n) is 2.72. The molecule has 1 heterocycles. The molecule has 9 heteroatoms. The molecule has 0 aliphatic carbocycles. The van der Waals surface area contributed by atoms with Crippen molar-refractivity contribution in [2.75, 3.05) is 14.2 Å². The number of halogens is 2. The lowest BCUT2D eigenvalue weighted by molar-refractivity contribution is -0.115. The van der Waals surface area contributed by atoms with Gasteiger partial charge in [-0.25, -0.2) is 0 Å². The SMILES string of the molecule is COc1cc(/C=C2\NC(=S)NC2=O)cc(OC)c1OC(F)F. The fourth-order valence-corrected chi connectivity index (χ4v) is 2.04. The molecule has 118 valence electrons. The molecule has 1 aromatic rings. The number of thiocarbonyl (C=S) groups is 1. The number of alkyl halides is 2. The van der Waals surface area contributed by atoms with Gasteiger partial charge < -0.3 is 19.5 Å². The molecule has 6 nitrogen and oxygen atoms in total. The molecule has 0 aromatic heterocycles. The van der Waals surface area contributed by atoms with Crippen LogP contribution in [-0.4, -0.2) is 31.9 Å². The molecule has 0 spiro atoms. The Kier molecular flexibility index (Phi) is 4.76. The minimum Gasteiger partial charge on any atom is -0.493 e. The summed E-state index contributed by atoms with van der Waals surface area (Å²) >= 11 is 4.82. The Balaban J connectivity index is 2.44. The number of nitrogens with one attached hydrogen (secondary N) is 2. The number of hydrogen-bond acceptors (Lipinski definition) is 5. The van der Waals surface area contributed by atoms with Crippen LogP contribution >= 0.6 is 12.2 Å². The Morgan fingerprint density at radius 3 is 2.18 bits per heavy atom. The van der Waals surface area contributed by atoms with E-state index in [9.17, 15) is 13.6 Å². The highest BCUT2D eigenvalue weighted by molar-refractivity contribution is 7.80. The van der Waals surface area contributed by atoms with Crippen molar-refractivity contribution in [2.24, 2.45) is 0 Å². The fraction of sp³-hybridized carbons (Fsp3) is 0.231. The van der Waals surface area contributed by atoms with Gasteiger partial charge in [-0.05, 0) is 36.0 Å². The van der Waals surface area contributed by atoms with Gasteiger partial charge >= 0.3 is 6.61 Å². The first-order valence-electron chi connectivity index (χ1n) is 5.99. The van der Waals surface area contributed by atoms with Gasteiger partial charge in [0.05, 0.1) is 14.2 Å². The number of ether oxygens (including phenoxy) is 3. The molecule has 1 aliphatic heterocycles. The van der Waals surface area contributed by atoms with Crippen LogP contribution in [0.25, 0.3) is 6.08 Å². The van der Waals surface area contributed by atoms with Crippen LogP contribution in [0.5, 0.6) is 17.2 Å². The molecule has 0 bridgehead atoms. The van der Waals surface area contributed by atoms with Crippen molar-refractivity contribution in [3.63, 3.8) is 0 Å². The van der Waals surface area contributed by atoms with Crippen LogP contribution in [0.3, 0.4) is 0 Å². The van der Waals surface area contributed by atoms with Gasteiger partial charge in [-0.2, -0.15) is 8.78 Å². The van der Waals surface area contributed by atoms with Gasteiger partial charge in [-0.15, -0.1) is 0 Å². The fourth-order valence-electron chi connectivity index (χ4n) is 1.84. The summed E-state index contributed by atoms with van der Waals surface area (Å²) in [5.74, 6) is -0.516. The van der Waals surface area contributed by atoms with Gasteiger partial charge in [0, 0.05) is 0 Å². The molecule has 2 N–H and O–H groups in total. The number of carbonyl (C=O) groups is 1. The quantitative estimate of drug-likeness (QED) is 0.632. The van der Waals surface area contributed by atoms with Crippen LogP contribution in [0.15, 0.2) is 17.8 Å². The molecule has 1 aliphatic rings. The summed E-state index contributed by atoms with van der Waals surface area (Å²) in [4.78, 5) is 11.6. The summed E-state index contributed by atoms with van der Waals surface area (Å²) in [6.45, 7) is -3.02. The van der Waals surface area contributed by atoms with E-state index in [1.807, 2.05) is 0 Å². The average molecular weight is 330 g/mol. The molecule has 1 saturated heterocycles. The predicted molar refractivity (Wildman–Crippen MR) is 78.0 cm³/mol. The summed E-state index contributed by atoms with van der Waals surface area (Å²) in [6.07, 6.45) is 1.48. The van der Waals surface area contributed by atoms with Crippen molar-refractivity contribution in [1.82, 2.24) is 10.6 Å². The van der Waals surface area contributed by atoms with Gasteiger partial charge in [-0.1, -0.05) is 0 Å². The van der Waals surface area contributed by atoms with E-state index in [1.165, 1.54) is 32.4 Å². The van der Waals surface area contributed by atoms with Crippen LogP contribution in [0.1, 0.15) is 5.56 Å². The third-order valence-corrected chi connectivity index (χ3v) is 2.92. The topological polar surface area (TPSA) is 68.8 Å². The van der Waals surface area contributed by atoms with Crippen molar-refractivity contribution >= 4 is 29.3 Å². The summed E-state index contributed by atoms with van der Waals surface area (Å²) in [7, 11) is 2.61. The highest BCUT2D eigenvalue weighted by Gasteiger charge is 2.22. The van der Waals surface area contributed by atoms with Gasteiger partial charge in [0.2, 0.25) is 5.75 Å². The Bertz CT molecular complexity index is 624. The van der Waals surface area contributed by atoms with E-state index in [0.29, 0.717) is 5.56 Å². The maximum Gasteiger partial charge on any atom is 0.387 e. The lowest BCUT2D eigenvalue weighted by Gasteiger charge is -2.14. The maximum atomic E-state index is 12.5. The molecule has 1 aromatic carbocycles. The van der Waals surface area contributed by atoms with Crippen LogP contribution < -0.4 is 24.8 Å². The highest BCUT2D eigenvalue weighted by Crippen LogP contribution is 2.40. The molecule has 2 rings (SSSR count). The molecular weight excluding hydrogens is 318 g/mol. The highest BCUT2D eigenvalue weighted by atomic mass is 32.1. The lowest BCUT2D eigenvalue weighted by atomic mass is 10.1. The van der Waals surface area contributed by atoms with Crippen molar-refractivity contribution in [2.45, 2.75) is 6.61 Å². The summed E-state index contributed by atoms with van der Waals surface area (Å²) in [5.41, 5.74) is 0.703. The van der Waals surface area contributed by atoms with E-state index in [2.05, 4.69) is 15.4 Å². The Labute approximate surface area is 130 Å². The smallest absolute Gasteiger partial charge is 0.387 e. The lowest BCUT2D eigenvalue weighted by Crippen LogP contribution is -2.21. The van der Waals surface area contributed by atoms with Crippen LogP contribution in [0, 0.1) is 0 Å². The summed E-state index contributed by atoms with van der Waals surface area (Å²) < 4.78 is 39.4. The molecular formula is C13H12F2N2O4S. The first-order chi connectivity index (χ1) is 10.4. The Morgan fingerprint density at radius 1 is 1.18 bits per heavy atom. The number of methoxy groups -OCH3 is 2. The van der Waals surface area contributed by atoms with E-state index in [0.717, 1.165) is 0 Å². The van der Waals surface area contributed by atoms with Crippen LogP contribution in [0.4, 0.5) is 8.78 Å². The minimum atomic E-state index is -3.02. The van der Waals surface area contributed by atoms with Crippen molar-refractivity contribution < 1.29 is 27.8 Å². The Morgan fingerprint density at radius 2 is 1.77 bits per heavy atom. The normalized spacial score (nSPS) is 15.8. The summed E-state index contributed by atoms with van der Waals surface area (Å²) in [6, 6.07) is 2.87. The monoisotopic (exact) mass is 330 g/mol. The van der Waals surface area contributed by atoms with Gasteiger partial charge in [0.25, 0.3) is 5.91 Å².